The second kappa shape index (κ2) is 5.40. The lowest BCUT2D eigenvalue weighted by Crippen LogP contribution is -2.11. The van der Waals surface area contributed by atoms with Gasteiger partial charge in [0.2, 0.25) is 5.69 Å². The van der Waals surface area contributed by atoms with Gasteiger partial charge in [0.1, 0.15) is 24.1 Å². The maximum absolute atomic E-state index is 12.8. The summed E-state index contributed by atoms with van der Waals surface area (Å²) in [5.41, 5.74) is -2.74. The van der Waals surface area contributed by atoms with Crippen molar-refractivity contribution >= 4 is 5.69 Å². The van der Waals surface area contributed by atoms with E-state index in [-0.39, 0.29) is 23.6 Å². The summed E-state index contributed by atoms with van der Waals surface area (Å²) in [6.07, 6.45) is -2.55. The molecule has 0 fully saturated rings. The van der Waals surface area contributed by atoms with Crippen molar-refractivity contribution in [3.05, 3.63) is 45.3 Å². The lowest BCUT2D eigenvalue weighted by atomic mass is 10.3. The topological polar surface area (TPSA) is 111 Å². The largest absolute Gasteiger partial charge is 0.442 e. The molecule has 2 aromatic rings. The molecule has 0 saturated heterocycles. The van der Waals surface area contributed by atoms with Crippen LogP contribution in [-0.4, -0.2) is 24.7 Å². The van der Waals surface area contributed by atoms with Gasteiger partial charge in [-0.25, -0.2) is 9.97 Å². The van der Waals surface area contributed by atoms with Gasteiger partial charge in [-0.1, -0.05) is 0 Å². The van der Waals surface area contributed by atoms with Crippen molar-refractivity contribution in [3.8, 4) is 6.07 Å². The van der Waals surface area contributed by atoms with Crippen molar-refractivity contribution in [2.75, 3.05) is 0 Å². The molecular weight excluding hydrogens is 305 g/mol. The minimum atomic E-state index is -4.94. The molecule has 0 saturated carbocycles. The van der Waals surface area contributed by atoms with E-state index in [1.807, 2.05) is 0 Å². The first kappa shape index (κ1) is 15.4. The highest BCUT2D eigenvalue weighted by molar-refractivity contribution is 5.42. The minimum absolute atomic E-state index is 0.0771. The molecule has 2 heterocycles. The number of nitrogens with zero attached hydrogens (tertiary/aromatic N) is 6. The summed E-state index contributed by atoms with van der Waals surface area (Å²) in [5, 5.41) is 22.7. The highest BCUT2D eigenvalue weighted by Gasteiger charge is 2.44. The molecule has 0 aliphatic carbocycles. The number of aromatic nitrogens is 4. The second-order valence-electron chi connectivity index (χ2n) is 4.19. The molecule has 2 rings (SSSR count). The highest BCUT2D eigenvalue weighted by atomic mass is 19.4. The molecule has 0 radical (unpaired) electrons. The molecule has 0 N–H and O–H groups in total. The van der Waals surface area contributed by atoms with Gasteiger partial charge in [-0.15, -0.1) is 0 Å². The number of nitro groups is 1. The standard InChI is InChI=1S/C11H7F3N6O2/c1-6-9(20(21)22)10(11(12,13)14)18-19(6)5-8-16-3-7(2-15)4-17-8/h3-4H,5H2,1H3. The summed E-state index contributed by atoms with van der Waals surface area (Å²) in [4.78, 5) is 17.3. The number of rotatable bonds is 3. The van der Waals surface area contributed by atoms with E-state index in [0.717, 1.165) is 11.6 Å². The fourth-order valence-corrected chi connectivity index (χ4v) is 1.73. The van der Waals surface area contributed by atoms with E-state index in [2.05, 4.69) is 15.1 Å². The fourth-order valence-electron chi connectivity index (χ4n) is 1.73. The Labute approximate surface area is 121 Å². The van der Waals surface area contributed by atoms with Crippen molar-refractivity contribution in [1.82, 2.24) is 19.7 Å². The SMILES string of the molecule is Cc1c([N+](=O)[O-])c(C(F)(F)F)nn1Cc1ncc(C#N)cn1. The van der Waals surface area contributed by atoms with E-state index in [1.54, 1.807) is 6.07 Å². The van der Waals surface area contributed by atoms with Crippen LogP contribution in [0.3, 0.4) is 0 Å². The van der Waals surface area contributed by atoms with E-state index in [0.29, 0.717) is 0 Å². The zero-order valence-electron chi connectivity index (χ0n) is 11.0. The quantitative estimate of drug-likeness (QED) is 0.631. The molecule has 0 aromatic carbocycles. The van der Waals surface area contributed by atoms with Gasteiger partial charge in [-0.3, -0.25) is 14.8 Å². The Morgan fingerprint density at radius 1 is 1.41 bits per heavy atom. The molecule has 2 aromatic heterocycles. The Hall–Kier alpha value is -3.03. The van der Waals surface area contributed by atoms with Gasteiger partial charge in [0, 0.05) is 12.4 Å². The number of hydrogen-bond donors (Lipinski definition) is 0. The summed E-state index contributed by atoms with van der Waals surface area (Å²) in [5.74, 6) is 0.0771. The van der Waals surface area contributed by atoms with Crippen molar-refractivity contribution in [3.63, 3.8) is 0 Å². The van der Waals surface area contributed by atoms with Gasteiger partial charge in [0.25, 0.3) is 0 Å². The van der Waals surface area contributed by atoms with Crippen LogP contribution in [0.4, 0.5) is 18.9 Å². The molecule has 0 unspecified atom stereocenters. The van der Waals surface area contributed by atoms with E-state index in [4.69, 9.17) is 5.26 Å². The number of alkyl halides is 3. The Kier molecular flexibility index (Phi) is 3.77. The van der Waals surface area contributed by atoms with E-state index in [9.17, 15) is 23.3 Å². The lowest BCUT2D eigenvalue weighted by molar-refractivity contribution is -0.388. The average Bonchev–Trinajstić information content (AvgIpc) is 2.77. The molecule has 8 nitrogen and oxygen atoms in total. The summed E-state index contributed by atoms with van der Waals surface area (Å²) in [6.45, 7) is 0.873. The summed E-state index contributed by atoms with van der Waals surface area (Å²) in [7, 11) is 0. The molecule has 0 bridgehead atoms. The number of nitriles is 1. The molecule has 0 atom stereocenters. The van der Waals surface area contributed by atoms with Crippen LogP contribution in [0.5, 0.6) is 0 Å². The Morgan fingerprint density at radius 2 is 2.00 bits per heavy atom. The minimum Gasteiger partial charge on any atom is -0.258 e. The van der Waals surface area contributed by atoms with Crippen LogP contribution in [-0.2, 0) is 12.7 Å². The number of hydrogen-bond acceptors (Lipinski definition) is 6. The van der Waals surface area contributed by atoms with Crippen molar-refractivity contribution in [1.29, 1.82) is 5.26 Å². The lowest BCUT2D eigenvalue weighted by Gasteiger charge is -2.02. The smallest absolute Gasteiger partial charge is 0.258 e. The second-order valence-corrected chi connectivity index (χ2v) is 4.19. The third-order valence-corrected chi connectivity index (χ3v) is 2.75. The highest BCUT2D eigenvalue weighted by Crippen LogP contribution is 2.36. The van der Waals surface area contributed by atoms with Gasteiger partial charge in [0.15, 0.2) is 0 Å². The predicted molar refractivity (Wildman–Crippen MR) is 64.5 cm³/mol. The maximum Gasteiger partial charge on any atom is 0.442 e. The van der Waals surface area contributed by atoms with Crippen LogP contribution in [0, 0.1) is 28.4 Å². The zero-order chi connectivity index (χ0) is 16.5. The molecule has 22 heavy (non-hydrogen) atoms. The monoisotopic (exact) mass is 312 g/mol. The van der Waals surface area contributed by atoms with Crippen LogP contribution in [0.2, 0.25) is 0 Å². The van der Waals surface area contributed by atoms with Crippen molar-refractivity contribution in [2.24, 2.45) is 0 Å². The van der Waals surface area contributed by atoms with Gasteiger partial charge in [0.05, 0.1) is 10.5 Å². The van der Waals surface area contributed by atoms with Gasteiger partial charge in [-0.2, -0.15) is 23.5 Å². The van der Waals surface area contributed by atoms with E-state index in [1.165, 1.54) is 12.4 Å². The van der Waals surface area contributed by atoms with Crippen LogP contribution >= 0.6 is 0 Å². The van der Waals surface area contributed by atoms with E-state index < -0.39 is 22.5 Å². The van der Waals surface area contributed by atoms with Crippen LogP contribution in [0.15, 0.2) is 12.4 Å². The molecule has 0 aliphatic rings. The Bertz CT molecular complexity index is 760. The zero-order valence-corrected chi connectivity index (χ0v) is 11.0. The first-order valence-corrected chi connectivity index (χ1v) is 5.74. The molecule has 0 spiro atoms. The first-order valence-electron chi connectivity index (χ1n) is 5.74. The van der Waals surface area contributed by atoms with Crippen LogP contribution in [0.1, 0.15) is 22.8 Å². The Morgan fingerprint density at radius 3 is 2.41 bits per heavy atom. The fraction of sp³-hybridized carbons (Fsp3) is 0.273. The molecule has 114 valence electrons. The average molecular weight is 312 g/mol. The summed E-state index contributed by atoms with van der Waals surface area (Å²) >= 11 is 0. The van der Waals surface area contributed by atoms with Crippen LogP contribution < -0.4 is 0 Å². The molecular formula is C11H7F3N6O2. The van der Waals surface area contributed by atoms with Gasteiger partial charge in [-0.05, 0) is 6.92 Å². The molecule has 11 heteroatoms. The van der Waals surface area contributed by atoms with Crippen molar-refractivity contribution in [2.45, 2.75) is 19.6 Å². The summed E-state index contributed by atoms with van der Waals surface area (Å²) < 4.78 is 39.2. The van der Waals surface area contributed by atoms with Crippen LogP contribution in [0.25, 0.3) is 0 Å². The Balaban J connectivity index is 2.43. The predicted octanol–water partition coefficient (Wildman–Crippen LogP) is 1.83. The summed E-state index contributed by atoms with van der Waals surface area (Å²) in [6, 6.07) is 1.79. The normalized spacial score (nSPS) is 11.2. The maximum atomic E-state index is 12.8. The van der Waals surface area contributed by atoms with Gasteiger partial charge >= 0.3 is 11.9 Å². The van der Waals surface area contributed by atoms with E-state index >= 15 is 0 Å². The molecule has 0 amide bonds. The third-order valence-electron chi connectivity index (χ3n) is 2.75. The van der Waals surface area contributed by atoms with Gasteiger partial charge < -0.3 is 0 Å². The first-order chi connectivity index (χ1) is 10.2. The number of halogens is 3. The molecule has 0 aliphatic heterocycles. The third kappa shape index (κ3) is 2.85. The van der Waals surface area contributed by atoms with Crippen molar-refractivity contribution < 1.29 is 18.1 Å².